The quantitative estimate of drug-likeness (QED) is 0.717. The highest BCUT2D eigenvalue weighted by Gasteiger charge is 2.29. The summed E-state index contributed by atoms with van der Waals surface area (Å²) in [6, 6.07) is 12.3. The first-order valence-corrected chi connectivity index (χ1v) is 8.76. The van der Waals surface area contributed by atoms with Crippen LogP contribution in [0.1, 0.15) is 22.7 Å². The highest BCUT2D eigenvalue weighted by Crippen LogP contribution is 2.39. The number of ether oxygens (including phenoxy) is 2. The van der Waals surface area contributed by atoms with Gasteiger partial charge in [-0.15, -0.1) is 0 Å². The van der Waals surface area contributed by atoms with E-state index in [0.717, 1.165) is 36.1 Å². The number of aromatic amines is 1. The molecular weight excluding hydrogens is 328 g/mol. The molecule has 0 bridgehead atoms. The molecule has 1 aliphatic rings. The summed E-state index contributed by atoms with van der Waals surface area (Å²) in [5.74, 6) is 1.43. The Balaban J connectivity index is 1.78. The minimum absolute atomic E-state index is 0.0183. The van der Waals surface area contributed by atoms with Crippen LogP contribution in [0.2, 0.25) is 0 Å². The molecule has 0 radical (unpaired) electrons. The van der Waals surface area contributed by atoms with Gasteiger partial charge in [-0.05, 0) is 47.7 Å². The number of methoxy groups -OCH3 is 2. The zero-order chi connectivity index (χ0) is 18.1. The Kier molecular flexibility index (Phi) is 4.29. The molecule has 1 aromatic heterocycles. The number of H-pyrrole nitrogens is 1. The van der Waals surface area contributed by atoms with Gasteiger partial charge in [-0.2, -0.15) is 0 Å². The van der Waals surface area contributed by atoms with Crippen molar-refractivity contribution in [3.8, 4) is 11.5 Å². The smallest absolute Gasteiger partial charge is 0.210 e. The van der Waals surface area contributed by atoms with E-state index in [1.165, 1.54) is 16.5 Å². The molecule has 0 spiro atoms. The Morgan fingerprint density at radius 3 is 2.73 bits per heavy atom. The average molecular weight is 350 g/mol. The Morgan fingerprint density at radius 2 is 1.96 bits per heavy atom. The maximum atomic E-state index is 11.7. The van der Waals surface area contributed by atoms with Crippen molar-refractivity contribution < 1.29 is 14.3 Å². The molecular formula is C21H22N2O3. The summed E-state index contributed by atoms with van der Waals surface area (Å²) in [6.45, 7) is 0.707. The summed E-state index contributed by atoms with van der Waals surface area (Å²) < 4.78 is 10.9. The molecule has 0 saturated carbocycles. The van der Waals surface area contributed by atoms with Crippen molar-refractivity contribution in [1.29, 1.82) is 0 Å². The first-order chi connectivity index (χ1) is 12.7. The predicted octanol–water partition coefficient (Wildman–Crippen LogP) is 3.48. The van der Waals surface area contributed by atoms with E-state index in [-0.39, 0.29) is 6.04 Å². The Bertz CT molecular complexity index is 948. The molecule has 1 aliphatic heterocycles. The minimum Gasteiger partial charge on any atom is -0.493 e. The normalized spacial score (nSPS) is 16.4. The molecule has 0 aliphatic carbocycles. The number of benzene rings is 2. The van der Waals surface area contributed by atoms with Crippen LogP contribution in [-0.2, 0) is 17.6 Å². The van der Waals surface area contributed by atoms with Crippen molar-refractivity contribution in [3.05, 3.63) is 59.3 Å². The fourth-order valence-corrected chi connectivity index (χ4v) is 3.91. The van der Waals surface area contributed by atoms with Gasteiger partial charge in [0.1, 0.15) is 0 Å². The topological polar surface area (TPSA) is 54.6 Å². The lowest BCUT2D eigenvalue weighted by Crippen LogP contribution is -2.35. The fourth-order valence-electron chi connectivity index (χ4n) is 3.91. The van der Waals surface area contributed by atoms with Crippen molar-refractivity contribution in [2.45, 2.75) is 18.9 Å². The summed E-state index contributed by atoms with van der Waals surface area (Å²) >= 11 is 0. The van der Waals surface area contributed by atoms with Gasteiger partial charge in [0, 0.05) is 23.6 Å². The SMILES string of the molecule is COc1cc2c(cc1OC)[C@H](Cc1c[nH]c3ccccc13)N(C=O)CC2. The largest absolute Gasteiger partial charge is 0.493 e. The number of rotatable bonds is 5. The van der Waals surface area contributed by atoms with Crippen molar-refractivity contribution in [3.63, 3.8) is 0 Å². The van der Waals surface area contributed by atoms with Crippen molar-refractivity contribution in [2.75, 3.05) is 20.8 Å². The molecule has 1 atom stereocenters. The van der Waals surface area contributed by atoms with E-state index < -0.39 is 0 Å². The van der Waals surface area contributed by atoms with Crippen LogP contribution in [0.15, 0.2) is 42.6 Å². The summed E-state index contributed by atoms with van der Waals surface area (Å²) in [6.07, 6.45) is 4.58. The van der Waals surface area contributed by atoms with E-state index in [0.29, 0.717) is 12.3 Å². The predicted molar refractivity (Wildman–Crippen MR) is 101 cm³/mol. The highest BCUT2D eigenvalue weighted by molar-refractivity contribution is 5.83. The lowest BCUT2D eigenvalue weighted by molar-refractivity contribution is -0.120. The second kappa shape index (κ2) is 6.75. The van der Waals surface area contributed by atoms with E-state index >= 15 is 0 Å². The number of nitrogens with one attached hydrogen (secondary N) is 1. The number of fused-ring (bicyclic) bond motifs is 2. The number of carbonyl (C=O) groups excluding carboxylic acids is 1. The number of aromatic nitrogens is 1. The number of hydrogen-bond acceptors (Lipinski definition) is 3. The van der Waals surface area contributed by atoms with Crippen LogP contribution in [-0.4, -0.2) is 37.1 Å². The fraction of sp³-hybridized carbons (Fsp3) is 0.286. The van der Waals surface area contributed by atoms with Crippen LogP contribution in [0.5, 0.6) is 11.5 Å². The maximum Gasteiger partial charge on any atom is 0.210 e. The lowest BCUT2D eigenvalue weighted by Gasteiger charge is -2.35. The number of hydrogen-bond donors (Lipinski definition) is 1. The van der Waals surface area contributed by atoms with Crippen LogP contribution in [0.3, 0.4) is 0 Å². The van der Waals surface area contributed by atoms with Gasteiger partial charge in [0.25, 0.3) is 0 Å². The molecule has 0 fully saturated rings. The van der Waals surface area contributed by atoms with Crippen LogP contribution >= 0.6 is 0 Å². The molecule has 26 heavy (non-hydrogen) atoms. The van der Waals surface area contributed by atoms with Gasteiger partial charge in [0.2, 0.25) is 6.41 Å². The first kappa shape index (κ1) is 16.5. The minimum atomic E-state index is -0.0183. The van der Waals surface area contributed by atoms with E-state index in [4.69, 9.17) is 9.47 Å². The average Bonchev–Trinajstić information content (AvgIpc) is 3.10. The summed E-state index contributed by atoms with van der Waals surface area (Å²) in [7, 11) is 3.29. The third-order valence-corrected chi connectivity index (χ3v) is 5.27. The van der Waals surface area contributed by atoms with E-state index in [1.54, 1.807) is 14.2 Å². The molecule has 0 saturated heterocycles. The van der Waals surface area contributed by atoms with Gasteiger partial charge in [0.05, 0.1) is 20.3 Å². The molecule has 5 heteroatoms. The molecule has 5 nitrogen and oxygen atoms in total. The molecule has 3 aromatic rings. The van der Waals surface area contributed by atoms with Gasteiger partial charge >= 0.3 is 0 Å². The van der Waals surface area contributed by atoms with E-state index in [9.17, 15) is 4.79 Å². The lowest BCUT2D eigenvalue weighted by atomic mass is 9.88. The molecule has 1 amide bonds. The van der Waals surface area contributed by atoms with Gasteiger partial charge in [-0.1, -0.05) is 18.2 Å². The zero-order valence-electron chi connectivity index (χ0n) is 15.0. The maximum absolute atomic E-state index is 11.7. The standard InChI is InChI=1S/C21H22N2O3/c1-25-20-10-14-7-8-23(13-24)19(17(14)11-21(20)26-2)9-15-12-22-18-6-4-3-5-16(15)18/h3-6,10-13,19,22H,7-9H2,1-2H3/t19-/m0/s1. The second-order valence-electron chi connectivity index (χ2n) is 6.58. The Labute approximate surface area is 152 Å². The van der Waals surface area contributed by atoms with Crippen molar-refractivity contribution in [2.24, 2.45) is 0 Å². The van der Waals surface area contributed by atoms with E-state index in [2.05, 4.69) is 17.1 Å². The number of para-hydroxylation sites is 1. The molecule has 2 aromatic carbocycles. The van der Waals surface area contributed by atoms with Crippen LogP contribution in [0.25, 0.3) is 10.9 Å². The third-order valence-electron chi connectivity index (χ3n) is 5.27. The monoisotopic (exact) mass is 350 g/mol. The zero-order valence-corrected chi connectivity index (χ0v) is 15.0. The van der Waals surface area contributed by atoms with Gasteiger partial charge < -0.3 is 19.4 Å². The van der Waals surface area contributed by atoms with Crippen LogP contribution in [0, 0.1) is 0 Å². The highest BCUT2D eigenvalue weighted by atomic mass is 16.5. The number of amides is 1. The van der Waals surface area contributed by atoms with Crippen molar-refractivity contribution in [1.82, 2.24) is 9.88 Å². The van der Waals surface area contributed by atoms with Crippen molar-refractivity contribution >= 4 is 17.3 Å². The second-order valence-corrected chi connectivity index (χ2v) is 6.58. The van der Waals surface area contributed by atoms with Gasteiger partial charge in [-0.3, -0.25) is 4.79 Å². The molecule has 134 valence electrons. The van der Waals surface area contributed by atoms with Crippen LogP contribution < -0.4 is 9.47 Å². The summed E-state index contributed by atoms with van der Waals surface area (Å²) in [4.78, 5) is 16.9. The van der Waals surface area contributed by atoms with Gasteiger partial charge in [-0.25, -0.2) is 0 Å². The molecule has 1 N–H and O–H groups in total. The van der Waals surface area contributed by atoms with E-state index in [1.807, 2.05) is 35.4 Å². The Morgan fingerprint density at radius 1 is 1.19 bits per heavy atom. The van der Waals surface area contributed by atoms with Gasteiger partial charge in [0.15, 0.2) is 11.5 Å². The Hall–Kier alpha value is -2.95. The molecule has 4 rings (SSSR count). The third kappa shape index (κ3) is 2.69. The van der Waals surface area contributed by atoms with Crippen LogP contribution in [0.4, 0.5) is 0 Å². The number of nitrogens with zero attached hydrogens (tertiary/aromatic N) is 1. The summed E-state index contributed by atoms with van der Waals surface area (Å²) in [5.41, 5.74) is 4.67. The summed E-state index contributed by atoms with van der Waals surface area (Å²) in [5, 5.41) is 1.20. The first-order valence-electron chi connectivity index (χ1n) is 8.76. The molecule has 0 unspecified atom stereocenters. The molecule has 2 heterocycles. The number of carbonyl (C=O) groups is 1.